The van der Waals surface area contributed by atoms with Gasteiger partial charge in [-0.2, -0.15) is 9.97 Å². The lowest BCUT2D eigenvalue weighted by Crippen LogP contribution is -2.34. The number of amides is 4. The summed E-state index contributed by atoms with van der Waals surface area (Å²) >= 11 is 15.6. The Bertz CT molecular complexity index is 5550. The van der Waals surface area contributed by atoms with Crippen LogP contribution in [-0.2, 0) is 91.1 Å². The highest BCUT2D eigenvalue weighted by Gasteiger charge is 2.55. The molecule has 19 atom stereocenters. The molecule has 0 radical (unpaired) electrons. The summed E-state index contributed by atoms with van der Waals surface area (Å²) in [5.74, 6) is -3.20. The number of H-pyrrole nitrogens is 2. The summed E-state index contributed by atoms with van der Waals surface area (Å²) < 4.78 is 125. The Morgan fingerprint density at radius 3 is 1.51 bits per heavy atom. The SMILES string of the molecule is CC(C)C(=O)Nc1nc2c(ncn2[C@@H]2O[C@@H]3COP(O)(=S)O[C@H]4[C@@H](F)[C@H](n5cnc6c(NC(=O)c7ccccc7)ncnc65)O[C@@H]4COP(O)(=S)O[C@@H]2[C@@H]3F)c(=O)[nH]1.CC(C)C(=O)Nc1nc2c(ncn2[C@@H]2O[C@H](CO)[C@@H](F)[C@H]2OP(O)(=S)OC[C@H]2O[C@@H](n3cnc4c(NC(=O)c5ccccc5)ncnc43)[C@H](F)[C@@H]2O)c(=O)[nH]1. The van der Waals surface area contributed by atoms with E-state index in [-0.39, 0.29) is 68.2 Å². The van der Waals surface area contributed by atoms with Gasteiger partial charge in [0.25, 0.3) is 22.9 Å². The van der Waals surface area contributed by atoms with Gasteiger partial charge < -0.3 is 68.0 Å². The van der Waals surface area contributed by atoms with Gasteiger partial charge in [-0.3, -0.25) is 81.2 Å². The van der Waals surface area contributed by atoms with Crippen LogP contribution < -0.4 is 32.4 Å². The Morgan fingerprint density at radius 1 is 0.575 bits per heavy atom. The van der Waals surface area contributed by atoms with Crippen LogP contribution in [0.25, 0.3) is 44.7 Å². The maximum absolute atomic E-state index is 16.5. The molecule has 11 N–H and O–H groups in total. The van der Waals surface area contributed by atoms with Crippen molar-refractivity contribution in [3.63, 3.8) is 0 Å². The zero-order valence-electron chi connectivity index (χ0n) is 58.6. The van der Waals surface area contributed by atoms with Crippen LogP contribution in [-0.4, -0.2) is 227 Å². The number of hydrogen-bond acceptors (Lipinski definition) is 31. The van der Waals surface area contributed by atoms with Crippen LogP contribution in [0.3, 0.4) is 0 Å². The Balaban J connectivity index is 0.000000188. The molecule has 10 aromatic rings. The first-order valence-electron chi connectivity index (χ1n) is 33.9. The summed E-state index contributed by atoms with van der Waals surface area (Å²) in [4.78, 5) is 156. The molecule has 0 saturated carbocycles. The topological polar surface area (TPSA) is 524 Å². The number of benzene rings is 2. The number of hydrogen-bond donors (Lipinski definition) is 11. The van der Waals surface area contributed by atoms with E-state index in [1.165, 1.54) is 21.8 Å². The number of aliphatic hydroxyl groups excluding tert-OH is 2. The molecule has 0 spiro atoms. The van der Waals surface area contributed by atoms with E-state index >= 15 is 17.6 Å². The van der Waals surface area contributed by atoms with E-state index in [1.54, 1.807) is 88.4 Å². The fourth-order valence-electron chi connectivity index (χ4n) is 12.3. The summed E-state index contributed by atoms with van der Waals surface area (Å²) in [5, 5.41) is 30.8. The molecule has 4 amide bonds. The number of alkyl halides is 4. The van der Waals surface area contributed by atoms with Crippen LogP contribution >= 0.6 is 20.2 Å². The summed E-state index contributed by atoms with van der Waals surface area (Å²) in [6.45, 7) is -9.92. The second kappa shape index (κ2) is 32.8. The first-order chi connectivity index (χ1) is 53.8. The van der Waals surface area contributed by atoms with Crippen molar-refractivity contribution in [2.75, 3.05) is 47.7 Å². The van der Waals surface area contributed by atoms with E-state index in [0.717, 1.165) is 34.4 Å². The van der Waals surface area contributed by atoms with E-state index in [1.807, 2.05) is 0 Å². The highest BCUT2D eigenvalue weighted by molar-refractivity contribution is 8.07. The third-order valence-corrected chi connectivity index (χ3v) is 22.7. The molecule has 13 heterocycles. The van der Waals surface area contributed by atoms with E-state index in [4.69, 9.17) is 81.5 Å². The van der Waals surface area contributed by atoms with Crippen molar-refractivity contribution in [2.24, 2.45) is 11.8 Å². The van der Waals surface area contributed by atoms with Crippen molar-refractivity contribution in [3.05, 3.63) is 130 Å². The largest absolute Gasteiger partial charge is 0.394 e. The third-order valence-electron chi connectivity index (χ3n) is 18.0. The molecule has 15 rings (SSSR count). The van der Waals surface area contributed by atoms with E-state index in [0.29, 0.717) is 11.1 Å². The Morgan fingerprint density at radius 2 is 1.02 bits per heavy atom. The van der Waals surface area contributed by atoms with Crippen molar-refractivity contribution in [1.29, 1.82) is 0 Å². The molecule has 3 unspecified atom stereocenters. The molecule has 8 aromatic heterocycles. The summed E-state index contributed by atoms with van der Waals surface area (Å²) in [6, 6.07) is 16.6. The Kier molecular flexibility index (Phi) is 23.5. The molecule has 41 nitrogen and oxygen atoms in total. The first kappa shape index (κ1) is 80.8. The third kappa shape index (κ3) is 16.9. The zero-order chi connectivity index (χ0) is 80.3. The zero-order valence-corrected chi connectivity index (χ0v) is 63.7. The molecule has 5 fully saturated rings. The lowest BCUT2D eigenvalue weighted by molar-refractivity contribution is -0.119. The number of rotatable bonds is 18. The highest BCUT2D eigenvalue weighted by Crippen LogP contribution is 2.56. The summed E-state index contributed by atoms with van der Waals surface area (Å²) in [7, 11) is 0. The molecular formula is C62H65F4N20O21P3S3. The van der Waals surface area contributed by atoms with Crippen LogP contribution in [0.4, 0.5) is 41.1 Å². The summed E-state index contributed by atoms with van der Waals surface area (Å²) in [6.07, 6.45) is -20.8. The number of fused-ring (bicyclic) bond motifs is 7. The number of ether oxygens (including phenoxy) is 4. The van der Waals surface area contributed by atoms with Crippen molar-refractivity contribution in [2.45, 2.75) is 126 Å². The first-order valence-corrected chi connectivity index (χ1v) is 41.7. The van der Waals surface area contributed by atoms with Gasteiger partial charge in [0.1, 0.15) is 61.5 Å². The number of nitrogens with one attached hydrogen (secondary N) is 6. The van der Waals surface area contributed by atoms with Gasteiger partial charge >= 0.3 is 20.2 Å². The van der Waals surface area contributed by atoms with Gasteiger partial charge in [-0.15, -0.1) is 0 Å². The molecular weight excluding hydrogens is 1630 g/mol. The number of aliphatic hydroxyl groups is 2. The molecule has 2 aromatic carbocycles. The molecule has 2 bridgehead atoms. The molecule has 5 aliphatic heterocycles. The standard InChI is InChI=1S/C31H32F2N10O11P2S2.C31H33F2N10O10PS/c1-13(2)26(44)40-31-39-25-20(28(46)41-31)37-12-43(25)30-22-17(32)15(51-30)8-49-55(47,57)53-21-16(9-50-56(48,58)54-22)52-29(18(21)33)42-11-36-19-23(34-10-35-24(19)42)38-27(45)14-6-4-3-5-7-14;1-13(2)26(46)40-31-39-25-20(28(48)41-31)37-12-43(25)30-22(17(32)15(8-44)51-30)53-54(49,55)50-9-16-21(45)18(33)29(52-16)42-11-36-19-23(34-10-35-24(19)42)38-27(47)14-6-4-3-5-7-14/h3-7,10-13,15-18,21-22,29-30H,8-9H2,1-2H3,(H,47,57)(H,48,58)(H,34,35,38,45)(H2,39,40,41,44,46);3-7,10-13,15-18,21-22,29-30,44-45H,8-9H2,1-2H3,(H,49,55)(H,34,35,38,47)(H2,39,40,41,46,48)/t15-,16-,17-,18-,21-,22-,29-,30-,55?,56?;15-,16-,17-,18-,21-,22-,29-,30-,54?/m11/s1. The summed E-state index contributed by atoms with van der Waals surface area (Å²) in [5.41, 5.74) is -1.23. The van der Waals surface area contributed by atoms with Gasteiger partial charge in [-0.1, -0.05) is 64.1 Å². The predicted octanol–water partition coefficient (Wildman–Crippen LogP) is 3.78. The second-order valence-electron chi connectivity index (χ2n) is 26.2. The predicted molar refractivity (Wildman–Crippen MR) is 393 cm³/mol. The molecule has 5 saturated heterocycles. The van der Waals surface area contributed by atoms with E-state index in [2.05, 4.69) is 81.1 Å². The number of imidazole rings is 4. The van der Waals surface area contributed by atoms with Crippen molar-refractivity contribution in [1.82, 2.24) is 78.1 Å². The molecule has 113 heavy (non-hydrogen) atoms. The van der Waals surface area contributed by atoms with Crippen molar-refractivity contribution in [3.8, 4) is 0 Å². The maximum atomic E-state index is 16.5. The van der Waals surface area contributed by atoms with Gasteiger partial charge in [-0.25, -0.2) is 57.4 Å². The minimum atomic E-state index is -4.47. The molecule has 600 valence electrons. The lowest BCUT2D eigenvalue weighted by Gasteiger charge is -2.27. The molecule has 5 aliphatic rings. The quantitative estimate of drug-likeness (QED) is 0.0430. The maximum Gasteiger partial charge on any atom is 0.325 e. The Labute approximate surface area is 646 Å². The number of aromatic amines is 2. The number of carbonyl (C=O) groups is 4. The average molecular weight is 1690 g/mol. The number of halogens is 4. The Hall–Kier alpha value is -8.81. The fourth-order valence-corrected chi connectivity index (χ4v) is 16.6. The number of anilines is 4. The van der Waals surface area contributed by atoms with Crippen LogP contribution in [0.2, 0.25) is 0 Å². The average Bonchev–Trinajstić information content (AvgIpc) is 1.62. The van der Waals surface area contributed by atoms with Gasteiger partial charge in [-0.05, 0) is 59.7 Å². The smallest absolute Gasteiger partial charge is 0.325 e. The fraction of sp³-hybridized carbons (Fsp3) is 0.419. The van der Waals surface area contributed by atoms with Gasteiger partial charge in [0.15, 0.2) is 106 Å². The monoisotopic (exact) mass is 1690 g/mol. The van der Waals surface area contributed by atoms with E-state index in [9.17, 15) is 53.7 Å². The van der Waals surface area contributed by atoms with Crippen LogP contribution in [0.1, 0.15) is 73.3 Å². The van der Waals surface area contributed by atoms with Crippen LogP contribution in [0.15, 0.2) is 108 Å². The van der Waals surface area contributed by atoms with Crippen molar-refractivity contribution < 1.29 is 108 Å². The van der Waals surface area contributed by atoms with Crippen molar-refractivity contribution >= 4 is 147 Å². The van der Waals surface area contributed by atoms with E-state index < -0.39 is 192 Å². The number of aromatic nitrogens is 16. The van der Waals surface area contributed by atoms with Crippen LogP contribution in [0, 0.1) is 11.8 Å². The second-order valence-corrected chi connectivity index (χ2v) is 34.6. The lowest BCUT2D eigenvalue weighted by atomic mass is 10.1. The van der Waals surface area contributed by atoms with Gasteiger partial charge in [0.2, 0.25) is 23.7 Å². The normalized spacial score (nSPS) is 29.2. The highest BCUT2D eigenvalue weighted by atomic mass is 32.5. The van der Waals surface area contributed by atoms with Gasteiger partial charge in [0.05, 0.1) is 51.7 Å². The number of nitrogens with zero attached hydrogens (tertiary/aromatic N) is 14. The minimum absolute atomic E-state index is 0.0245. The molecule has 0 aliphatic carbocycles. The van der Waals surface area contributed by atoms with Gasteiger partial charge in [0, 0.05) is 23.0 Å². The van der Waals surface area contributed by atoms with Crippen LogP contribution in [0.5, 0.6) is 0 Å². The minimum Gasteiger partial charge on any atom is -0.394 e. The number of carbonyl (C=O) groups excluding carboxylic acids is 4. The molecule has 51 heteroatoms.